The summed E-state index contributed by atoms with van der Waals surface area (Å²) in [5, 5.41) is 17.7. The SMILES string of the molecule is CCOC(=O)c1[nH]c2c(-c3c(C)nn(C)c3CO)cccc2c1CCCOc1cccc2ccccc12. The minimum atomic E-state index is -0.375. The van der Waals surface area contributed by atoms with Crippen LogP contribution < -0.4 is 4.74 Å². The first kappa shape index (κ1) is 24.6. The molecule has 0 fully saturated rings. The van der Waals surface area contributed by atoms with Crippen LogP contribution in [-0.2, 0) is 24.8 Å². The highest BCUT2D eigenvalue weighted by Crippen LogP contribution is 2.36. The van der Waals surface area contributed by atoms with Crippen LogP contribution >= 0.6 is 0 Å². The van der Waals surface area contributed by atoms with Crippen molar-refractivity contribution in [1.82, 2.24) is 14.8 Å². The predicted molar refractivity (Wildman–Crippen MR) is 145 cm³/mol. The molecule has 0 unspecified atom stereocenters. The molecule has 5 aromatic rings. The molecule has 0 aliphatic rings. The second-order valence-electron chi connectivity index (χ2n) is 9.05. The number of aliphatic hydroxyl groups excluding tert-OH is 1. The molecule has 2 N–H and O–H groups in total. The van der Waals surface area contributed by atoms with Crippen LogP contribution in [0.4, 0.5) is 0 Å². The Morgan fingerprint density at radius 2 is 1.81 bits per heavy atom. The summed E-state index contributed by atoms with van der Waals surface area (Å²) in [4.78, 5) is 16.3. The minimum absolute atomic E-state index is 0.132. The van der Waals surface area contributed by atoms with Crippen molar-refractivity contribution in [2.45, 2.75) is 33.3 Å². The van der Waals surface area contributed by atoms with Crippen molar-refractivity contribution in [3.8, 4) is 16.9 Å². The topological polar surface area (TPSA) is 89.4 Å². The summed E-state index contributed by atoms with van der Waals surface area (Å²) in [5.41, 5.74) is 5.51. The minimum Gasteiger partial charge on any atom is -0.493 e. The highest BCUT2D eigenvalue weighted by Gasteiger charge is 2.23. The van der Waals surface area contributed by atoms with Crippen LogP contribution in [0.5, 0.6) is 5.75 Å². The number of aliphatic hydroxyl groups is 1. The van der Waals surface area contributed by atoms with Crippen molar-refractivity contribution in [3.63, 3.8) is 0 Å². The van der Waals surface area contributed by atoms with E-state index in [1.165, 1.54) is 0 Å². The lowest BCUT2D eigenvalue weighted by molar-refractivity contribution is 0.0519. The van der Waals surface area contributed by atoms with Crippen LogP contribution in [0.3, 0.4) is 0 Å². The van der Waals surface area contributed by atoms with E-state index in [1.807, 2.05) is 56.4 Å². The van der Waals surface area contributed by atoms with E-state index in [1.54, 1.807) is 11.6 Å². The highest BCUT2D eigenvalue weighted by molar-refractivity contribution is 6.04. The van der Waals surface area contributed by atoms with Crippen molar-refractivity contribution in [1.29, 1.82) is 0 Å². The molecule has 7 nitrogen and oxygen atoms in total. The molecule has 0 amide bonds. The van der Waals surface area contributed by atoms with E-state index < -0.39 is 0 Å². The Morgan fingerprint density at radius 1 is 1.05 bits per heavy atom. The second kappa shape index (κ2) is 10.5. The van der Waals surface area contributed by atoms with Crippen LogP contribution in [0.15, 0.2) is 60.7 Å². The summed E-state index contributed by atoms with van der Waals surface area (Å²) < 4.78 is 13.2. The number of hydrogen-bond acceptors (Lipinski definition) is 5. The van der Waals surface area contributed by atoms with Gasteiger partial charge in [0.15, 0.2) is 0 Å². The first-order valence-electron chi connectivity index (χ1n) is 12.6. The first-order chi connectivity index (χ1) is 18.0. The molecule has 0 radical (unpaired) electrons. The van der Waals surface area contributed by atoms with Gasteiger partial charge in [-0.3, -0.25) is 4.68 Å². The Kier molecular flexibility index (Phi) is 6.97. The molecule has 0 spiro atoms. The largest absolute Gasteiger partial charge is 0.493 e. The number of fused-ring (bicyclic) bond motifs is 2. The van der Waals surface area contributed by atoms with Crippen molar-refractivity contribution in [2.75, 3.05) is 13.2 Å². The predicted octanol–water partition coefficient (Wildman–Crippen LogP) is 5.71. The van der Waals surface area contributed by atoms with E-state index in [2.05, 4.69) is 28.3 Å². The molecular weight excluding hydrogens is 466 g/mol. The van der Waals surface area contributed by atoms with Gasteiger partial charge in [0.1, 0.15) is 11.4 Å². The Morgan fingerprint density at radius 3 is 2.62 bits per heavy atom. The summed E-state index contributed by atoms with van der Waals surface area (Å²) in [6, 6.07) is 20.2. The number of benzene rings is 3. The summed E-state index contributed by atoms with van der Waals surface area (Å²) >= 11 is 0. The Bertz CT molecular complexity index is 1580. The van der Waals surface area contributed by atoms with E-state index in [4.69, 9.17) is 9.47 Å². The molecule has 0 atom stereocenters. The fourth-order valence-electron chi connectivity index (χ4n) is 5.11. The van der Waals surface area contributed by atoms with E-state index in [0.717, 1.165) is 61.9 Å². The molecule has 37 heavy (non-hydrogen) atoms. The quantitative estimate of drug-likeness (QED) is 0.201. The maximum atomic E-state index is 12.9. The van der Waals surface area contributed by atoms with Gasteiger partial charge in [-0.2, -0.15) is 5.10 Å². The number of hydrogen-bond donors (Lipinski definition) is 2. The van der Waals surface area contributed by atoms with Gasteiger partial charge in [-0.1, -0.05) is 54.6 Å². The number of ether oxygens (including phenoxy) is 2. The van der Waals surface area contributed by atoms with Crippen LogP contribution in [0.2, 0.25) is 0 Å². The molecule has 0 aliphatic heterocycles. The van der Waals surface area contributed by atoms with E-state index in [0.29, 0.717) is 25.3 Å². The molecule has 7 heteroatoms. The molecule has 0 saturated heterocycles. The van der Waals surface area contributed by atoms with Crippen molar-refractivity contribution in [3.05, 3.63) is 83.3 Å². The lowest BCUT2D eigenvalue weighted by atomic mass is 9.98. The van der Waals surface area contributed by atoms with E-state index in [9.17, 15) is 9.90 Å². The van der Waals surface area contributed by atoms with Crippen molar-refractivity contribution < 1.29 is 19.4 Å². The number of carbonyl (C=O) groups is 1. The van der Waals surface area contributed by atoms with Crippen LogP contribution in [0.25, 0.3) is 32.8 Å². The normalized spacial score (nSPS) is 11.4. The van der Waals surface area contributed by atoms with Crippen molar-refractivity contribution >= 4 is 27.6 Å². The average molecular weight is 498 g/mol. The fraction of sp³-hybridized carbons (Fsp3) is 0.267. The zero-order chi connectivity index (χ0) is 25.9. The number of nitrogens with one attached hydrogen (secondary N) is 1. The Balaban J connectivity index is 1.47. The molecule has 3 aromatic carbocycles. The number of para-hydroxylation sites is 1. The molecule has 5 rings (SSSR count). The number of H-pyrrole nitrogens is 1. The molecule has 2 aromatic heterocycles. The molecular formula is C30H31N3O4. The van der Waals surface area contributed by atoms with Crippen LogP contribution in [0.1, 0.15) is 40.8 Å². The van der Waals surface area contributed by atoms with Gasteiger partial charge in [0.05, 0.1) is 36.7 Å². The Labute approximate surface area is 215 Å². The van der Waals surface area contributed by atoms with Gasteiger partial charge in [0.2, 0.25) is 0 Å². The highest BCUT2D eigenvalue weighted by atomic mass is 16.5. The summed E-state index contributed by atoms with van der Waals surface area (Å²) in [6.07, 6.45) is 1.36. The zero-order valence-corrected chi connectivity index (χ0v) is 21.4. The smallest absolute Gasteiger partial charge is 0.355 e. The van der Waals surface area contributed by atoms with Gasteiger partial charge in [-0.15, -0.1) is 0 Å². The van der Waals surface area contributed by atoms with Crippen molar-refractivity contribution in [2.24, 2.45) is 7.05 Å². The fourth-order valence-corrected chi connectivity index (χ4v) is 5.11. The third-order valence-corrected chi connectivity index (χ3v) is 6.76. The van der Waals surface area contributed by atoms with Gasteiger partial charge in [-0.25, -0.2) is 4.79 Å². The van der Waals surface area contributed by atoms with Gasteiger partial charge < -0.3 is 19.6 Å². The zero-order valence-electron chi connectivity index (χ0n) is 21.4. The van der Waals surface area contributed by atoms with Gasteiger partial charge >= 0.3 is 5.97 Å². The second-order valence-corrected chi connectivity index (χ2v) is 9.05. The van der Waals surface area contributed by atoms with E-state index >= 15 is 0 Å². The number of aromatic amines is 1. The lowest BCUT2D eigenvalue weighted by Crippen LogP contribution is -2.09. The van der Waals surface area contributed by atoms with Crippen LogP contribution in [0, 0.1) is 6.92 Å². The molecule has 2 heterocycles. The van der Waals surface area contributed by atoms with Gasteiger partial charge in [-0.05, 0) is 43.7 Å². The maximum absolute atomic E-state index is 12.9. The number of esters is 1. The average Bonchev–Trinajstić information content (AvgIpc) is 3.42. The summed E-state index contributed by atoms with van der Waals surface area (Å²) in [6.45, 7) is 4.40. The molecule has 190 valence electrons. The molecule has 0 aliphatic carbocycles. The van der Waals surface area contributed by atoms with Gasteiger partial charge in [0.25, 0.3) is 0 Å². The number of rotatable bonds is 9. The van der Waals surface area contributed by atoms with Crippen LogP contribution in [-0.4, -0.2) is 39.1 Å². The summed E-state index contributed by atoms with van der Waals surface area (Å²) in [7, 11) is 1.82. The maximum Gasteiger partial charge on any atom is 0.355 e. The Hall–Kier alpha value is -4.10. The first-order valence-corrected chi connectivity index (χ1v) is 12.6. The summed E-state index contributed by atoms with van der Waals surface area (Å²) in [5.74, 6) is 0.480. The third-order valence-electron chi connectivity index (χ3n) is 6.76. The number of aryl methyl sites for hydroxylation is 3. The monoisotopic (exact) mass is 497 g/mol. The number of carbonyl (C=O) groups excluding carboxylic acids is 1. The molecule has 0 saturated carbocycles. The third kappa shape index (κ3) is 4.58. The lowest BCUT2D eigenvalue weighted by Gasteiger charge is -2.10. The number of aromatic nitrogens is 3. The number of nitrogens with zero attached hydrogens (tertiary/aromatic N) is 2. The molecule has 0 bridgehead atoms. The van der Waals surface area contributed by atoms with E-state index in [-0.39, 0.29) is 12.6 Å². The van der Waals surface area contributed by atoms with Gasteiger partial charge in [0, 0.05) is 28.9 Å². The standard InChI is InChI=1S/C30H31N3O4/c1-4-36-30(35)29-23(15-9-17-37-26-16-7-11-20-10-5-6-12-21(20)26)22-13-8-14-24(28(22)31-29)27-19(2)32-33(3)25(27)18-34/h5-8,10-14,16,31,34H,4,9,15,17-18H2,1-3H3.